The monoisotopic (exact) mass is 359 g/mol. The van der Waals surface area contributed by atoms with Gasteiger partial charge in [0, 0.05) is 30.0 Å². The van der Waals surface area contributed by atoms with E-state index in [1.54, 1.807) is 0 Å². The summed E-state index contributed by atoms with van der Waals surface area (Å²) >= 11 is 0. The molecule has 0 bridgehead atoms. The lowest BCUT2D eigenvalue weighted by molar-refractivity contribution is -0.122. The van der Waals surface area contributed by atoms with Crippen molar-refractivity contribution in [2.45, 2.75) is 51.4 Å². The number of carbonyl (C=O) groups excluding carboxylic acids is 2. The van der Waals surface area contributed by atoms with Gasteiger partial charge in [0.1, 0.15) is 0 Å². The summed E-state index contributed by atoms with van der Waals surface area (Å²) in [4.78, 5) is 25.5. The molecule has 0 spiro atoms. The normalized spacial score (nSPS) is 22.4. The van der Waals surface area contributed by atoms with E-state index in [9.17, 15) is 9.59 Å². The lowest BCUT2D eigenvalue weighted by atomic mass is 9.73. The van der Waals surface area contributed by atoms with Gasteiger partial charge in [0.25, 0.3) is 0 Å². The highest BCUT2D eigenvalue weighted by Gasteiger charge is 2.38. The van der Waals surface area contributed by atoms with Gasteiger partial charge in [-0.25, -0.2) is 0 Å². The zero-order valence-corrected chi connectivity index (χ0v) is 15.9. The number of hydrogen-bond acceptors (Lipinski definition) is 2. The van der Waals surface area contributed by atoms with Gasteiger partial charge in [0.05, 0.1) is 0 Å². The summed E-state index contributed by atoms with van der Waals surface area (Å²) in [7, 11) is 0. The molecule has 3 nitrogen and oxygen atoms in total. The second-order valence-corrected chi connectivity index (χ2v) is 7.73. The van der Waals surface area contributed by atoms with Gasteiger partial charge in [-0.15, -0.1) is 0 Å². The Bertz CT molecular complexity index is 924. The number of nitrogens with one attached hydrogen (secondary N) is 1. The molecule has 0 saturated heterocycles. The number of rotatable bonds is 3. The first-order valence-corrected chi connectivity index (χ1v) is 9.76. The molecule has 0 saturated carbocycles. The first kappa shape index (κ1) is 17.7. The van der Waals surface area contributed by atoms with E-state index in [4.69, 9.17) is 0 Å². The van der Waals surface area contributed by atoms with Crippen LogP contribution in [0.3, 0.4) is 0 Å². The molecular formula is C24H25NO2. The standard InChI is InChI=1S/C24H25NO2/c1-3-16-7-9-17(10-8-16)19-12-21-24(22(26)13-19)20(14-23(27)25-21)18-6-4-5-15(2)11-18/h4-11,19-20H,3,12-14H2,1-2H3,(H,25,27). The molecule has 2 atom stereocenters. The maximum absolute atomic E-state index is 13.1. The van der Waals surface area contributed by atoms with Crippen molar-refractivity contribution in [2.75, 3.05) is 0 Å². The van der Waals surface area contributed by atoms with E-state index in [0.29, 0.717) is 12.8 Å². The lowest BCUT2D eigenvalue weighted by Gasteiger charge is -2.34. The third-order valence-electron chi connectivity index (χ3n) is 5.84. The van der Waals surface area contributed by atoms with Crippen molar-refractivity contribution in [1.29, 1.82) is 0 Å². The third-order valence-corrected chi connectivity index (χ3v) is 5.84. The molecular weight excluding hydrogens is 334 g/mol. The molecule has 0 fully saturated rings. The van der Waals surface area contributed by atoms with Gasteiger partial charge in [-0.2, -0.15) is 0 Å². The molecule has 2 aromatic carbocycles. The van der Waals surface area contributed by atoms with Crippen LogP contribution < -0.4 is 5.32 Å². The van der Waals surface area contributed by atoms with Gasteiger partial charge in [-0.1, -0.05) is 61.0 Å². The first-order chi connectivity index (χ1) is 13.0. The number of hydrogen-bond donors (Lipinski definition) is 1. The van der Waals surface area contributed by atoms with E-state index >= 15 is 0 Å². The fourth-order valence-electron chi connectivity index (χ4n) is 4.39. The Hall–Kier alpha value is -2.68. The fraction of sp³-hybridized carbons (Fsp3) is 0.333. The quantitative estimate of drug-likeness (QED) is 0.873. The summed E-state index contributed by atoms with van der Waals surface area (Å²) in [6, 6.07) is 16.7. The Labute approximate surface area is 160 Å². The summed E-state index contributed by atoms with van der Waals surface area (Å²) < 4.78 is 0. The highest BCUT2D eigenvalue weighted by molar-refractivity contribution is 6.02. The predicted molar refractivity (Wildman–Crippen MR) is 107 cm³/mol. The number of carbonyl (C=O) groups is 2. The smallest absolute Gasteiger partial charge is 0.225 e. The van der Waals surface area contributed by atoms with Crippen LogP contribution in [0.4, 0.5) is 0 Å². The van der Waals surface area contributed by atoms with Crippen LogP contribution in [0, 0.1) is 6.92 Å². The Morgan fingerprint density at radius 1 is 0.963 bits per heavy atom. The molecule has 1 amide bonds. The van der Waals surface area contributed by atoms with Crippen molar-refractivity contribution in [3.8, 4) is 0 Å². The molecule has 27 heavy (non-hydrogen) atoms. The van der Waals surface area contributed by atoms with Gasteiger partial charge in [-0.05, 0) is 42.4 Å². The molecule has 2 unspecified atom stereocenters. The van der Waals surface area contributed by atoms with Crippen molar-refractivity contribution in [1.82, 2.24) is 5.32 Å². The number of Topliss-reactive ketones (excluding diaryl/α,β-unsaturated/α-hetero) is 1. The van der Waals surface area contributed by atoms with Crippen LogP contribution in [-0.2, 0) is 16.0 Å². The zero-order chi connectivity index (χ0) is 19.0. The number of allylic oxidation sites excluding steroid dienone is 2. The molecule has 138 valence electrons. The highest BCUT2D eigenvalue weighted by atomic mass is 16.2. The molecule has 0 radical (unpaired) electrons. The van der Waals surface area contributed by atoms with Crippen molar-refractivity contribution < 1.29 is 9.59 Å². The molecule has 2 aliphatic rings. The molecule has 1 N–H and O–H groups in total. The van der Waals surface area contributed by atoms with Crippen LogP contribution >= 0.6 is 0 Å². The minimum atomic E-state index is -0.121. The van der Waals surface area contributed by atoms with Gasteiger partial charge in [-0.3, -0.25) is 9.59 Å². The molecule has 1 heterocycles. The van der Waals surface area contributed by atoms with E-state index in [0.717, 1.165) is 35.2 Å². The van der Waals surface area contributed by atoms with Crippen molar-refractivity contribution in [2.24, 2.45) is 0 Å². The summed E-state index contributed by atoms with van der Waals surface area (Å²) in [5, 5.41) is 3.01. The lowest BCUT2D eigenvalue weighted by Crippen LogP contribution is -2.38. The van der Waals surface area contributed by atoms with Crippen LogP contribution in [0.15, 0.2) is 59.8 Å². The number of ketones is 1. The maximum atomic E-state index is 13.1. The summed E-state index contributed by atoms with van der Waals surface area (Å²) in [6.07, 6.45) is 2.60. The molecule has 1 aliphatic carbocycles. The van der Waals surface area contributed by atoms with E-state index < -0.39 is 0 Å². The number of benzene rings is 2. The topological polar surface area (TPSA) is 46.2 Å². The minimum Gasteiger partial charge on any atom is -0.329 e. The average Bonchev–Trinajstić information content (AvgIpc) is 2.67. The third kappa shape index (κ3) is 3.46. The van der Waals surface area contributed by atoms with E-state index in [2.05, 4.69) is 42.6 Å². The maximum Gasteiger partial charge on any atom is 0.225 e. The largest absolute Gasteiger partial charge is 0.329 e. The van der Waals surface area contributed by atoms with Crippen LogP contribution in [-0.4, -0.2) is 11.7 Å². The first-order valence-electron chi connectivity index (χ1n) is 9.76. The van der Waals surface area contributed by atoms with E-state index in [1.807, 2.05) is 25.1 Å². The van der Waals surface area contributed by atoms with Gasteiger partial charge in [0.15, 0.2) is 5.78 Å². The molecule has 0 aromatic heterocycles. The fourth-order valence-corrected chi connectivity index (χ4v) is 4.39. The van der Waals surface area contributed by atoms with Crippen LogP contribution in [0.5, 0.6) is 0 Å². The van der Waals surface area contributed by atoms with E-state index in [-0.39, 0.29) is 23.5 Å². The van der Waals surface area contributed by atoms with Crippen molar-refractivity contribution in [3.63, 3.8) is 0 Å². The second kappa shape index (κ2) is 7.15. The Kier molecular flexibility index (Phi) is 4.69. The summed E-state index contributed by atoms with van der Waals surface area (Å²) in [5.41, 5.74) is 6.35. The minimum absolute atomic E-state index is 0.00929. The Morgan fingerprint density at radius 3 is 2.44 bits per heavy atom. The molecule has 4 rings (SSSR count). The summed E-state index contributed by atoms with van der Waals surface area (Å²) in [6.45, 7) is 4.18. The van der Waals surface area contributed by atoms with Gasteiger partial charge >= 0.3 is 0 Å². The van der Waals surface area contributed by atoms with Crippen LogP contribution in [0.1, 0.15) is 60.3 Å². The predicted octanol–water partition coefficient (Wildman–Crippen LogP) is 4.56. The Morgan fingerprint density at radius 2 is 1.74 bits per heavy atom. The van der Waals surface area contributed by atoms with Gasteiger partial charge < -0.3 is 5.32 Å². The molecule has 3 heteroatoms. The van der Waals surface area contributed by atoms with Crippen molar-refractivity contribution in [3.05, 3.63) is 82.1 Å². The van der Waals surface area contributed by atoms with Crippen LogP contribution in [0.2, 0.25) is 0 Å². The van der Waals surface area contributed by atoms with Crippen LogP contribution in [0.25, 0.3) is 0 Å². The van der Waals surface area contributed by atoms with Crippen molar-refractivity contribution >= 4 is 11.7 Å². The molecule has 2 aromatic rings. The van der Waals surface area contributed by atoms with E-state index in [1.165, 1.54) is 11.1 Å². The zero-order valence-electron chi connectivity index (χ0n) is 15.9. The summed E-state index contributed by atoms with van der Waals surface area (Å²) in [5.74, 6) is 0.200. The number of aryl methyl sites for hydroxylation is 2. The Balaban J connectivity index is 1.68. The number of amides is 1. The second-order valence-electron chi connectivity index (χ2n) is 7.73. The van der Waals surface area contributed by atoms with Gasteiger partial charge in [0.2, 0.25) is 5.91 Å². The molecule has 1 aliphatic heterocycles. The SMILES string of the molecule is CCc1ccc(C2CC(=O)C3=C(C2)NC(=O)CC3c2cccc(C)c2)cc1. The highest BCUT2D eigenvalue weighted by Crippen LogP contribution is 2.42. The average molecular weight is 359 g/mol.